The molecule has 0 radical (unpaired) electrons. The summed E-state index contributed by atoms with van der Waals surface area (Å²) in [5.74, 6) is 0.218. The average molecular weight is 300 g/mol. The normalized spacial score (nSPS) is 13.0. The van der Waals surface area contributed by atoms with Crippen molar-refractivity contribution in [2.75, 3.05) is 0 Å². The van der Waals surface area contributed by atoms with E-state index in [1.807, 2.05) is 18.2 Å². The quantitative estimate of drug-likeness (QED) is 0.569. The third-order valence-corrected chi connectivity index (χ3v) is 4.45. The predicted octanol–water partition coefficient (Wildman–Crippen LogP) is 4.54. The van der Waals surface area contributed by atoms with E-state index in [1.54, 1.807) is 30.4 Å². The first kappa shape index (κ1) is 13.8. The van der Waals surface area contributed by atoms with Gasteiger partial charge in [0.2, 0.25) is 0 Å². The molecule has 0 spiro atoms. The maximum absolute atomic E-state index is 12.6. The Bertz CT molecular complexity index is 951. The molecular weight excluding hydrogens is 284 g/mol. The van der Waals surface area contributed by atoms with Crippen LogP contribution in [0.3, 0.4) is 0 Å². The van der Waals surface area contributed by atoms with Gasteiger partial charge >= 0.3 is 0 Å². The van der Waals surface area contributed by atoms with Crippen LogP contribution in [0.5, 0.6) is 5.75 Å². The van der Waals surface area contributed by atoms with Gasteiger partial charge in [0.25, 0.3) is 0 Å². The summed E-state index contributed by atoms with van der Waals surface area (Å²) in [6.45, 7) is 0. The van der Waals surface area contributed by atoms with Gasteiger partial charge in [-0.3, -0.25) is 4.79 Å². The van der Waals surface area contributed by atoms with Crippen LogP contribution in [-0.4, -0.2) is 10.9 Å². The van der Waals surface area contributed by atoms with Crippen LogP contribution in [0.25, 0.3) is 16.8 Å². The topological polar surface area (TPSA) is 37.3 Å². The lowest BCUT2D eigenvalue weighted by Gasteiger charge is -2.06. The second kappa shape index (κ2) is 5.40. The first-order chi connectivity index (χ1) is 11.2. The molecule has 0 heterocycles. The van der Waals surface area contributed by atoms with Gasteiger partial charge in [-0.1, -0.05) is 48.5 Å². The molecule has 1 aliphatic rings. The summed E-state index contributed by atoms with van der Waals surface area (Å²) in [5.41, 5.74) is 4.11. The van der Waals surface area contributed by atoms with Crippen LogP contribution in [0.4, 0.5) is 0 Å². The van der Waals surface area contributed by atoms with E-state index in [4.69, 9.17) is 0 Å². The molecule has 4 rings (SSSR count). The molecule has 2 heteroatoms. The molecule has 0 aromatic heterocycles. The van der Waals surface area contributed by atoms with Crippen molar-refractivity contribution in [3.05, 3.63) is 82.9 Å². The molecule has 1 aliphatic carbocycles. The van der Waals surface area contributed by atoms with Gasteiger partial charge < -0.3 is 5.11 Å². The summed E-state index contributed by atoms with van der Waals surface area (Å²) in [4.78, 5) is 12.6. The van der Waals surface area contributed by atoms with E-state index in [1.165, 1.54) is 21.9 Å². The van der Waals surface area contributed by atoms with E-state index < -0.39 is 0 Å². The summed E-state index contributed by atoms with van der Waals surface area (Å²) in [5, 5.41) is 11.9. The molecule has 0 amide bonds. The Hall–Kier alpha value is -2.87. The number of benzene rings is 3. The number of ketones is 1. The molecule has 0 bridgehead atoms. The SMILES string of the molecule is O=C(/C=C/c1cccc(O)c1)c1ccc2cccc3c2c1CC3. The Morgan fingerprint density at radius 1 is 1.00 bits per heavy atom. The first-order valence-corrected chi connectivity index (χ1v) is 7.77. The van der Waals surface area contributed by atoms with Crippen LogP contribution < -0.4 is 0 Å². The maximum atomic E-state index is 12.6. The van der Waals surface area contributed by atoms with Crippen LogP contribution >= 0.6 is 0 Å². The molecular formula is C21H16O2. The zero-order valence-electron chi connectivity index (χ0n) is 12.6. The van der Waals surface area contributed by atoms with E-state index in [9.17, 15) is 9.90 Å². The lowest BCUT2D eigenvalue weighted by Crippen LogP contribution is -1.99. The van der Waals surface area contributed by atoms with Gasteiger partial charge in [-0.15, -0.1) is 0 Å². The molecule has 2 nitrogen and oxygen atoms in total. The minimum atomic E-state index is 0.0157. The molecule has 0 saturated carbocycles. The summed E-state index contributed by atoms with van der Waals surface area (Å²) in [6.07, 6.45) is 5.28. The lowest BCUT2D eigenvalue weighted by molar-refractivity contribution is 0.104. The zero-order chi connectivity index (χ0) is 15.8. The second-order valence-corrected chi connectivity index (χ2v) is 5.90. The molecule has 0 unspecified atom stereocenters. The largest absolute Gasteiger partial charge is 0.508 e. The predicted molar refractivity (Wildman–Crippen MR) is 92.8 cm³/mol. The molecule has 23 heavy (non-hydrogen) atoms. The number of phenols is 1. The van der Waals surface area contributed by atoms with E-state index >= 15 is 0 Å². The maximum Gasteiger partial charge on any atom is 0.186 e. The minimum Gasteiger partial charge on any atom is -0.508 e. The molecule has 0 fully saturated rings. The molecule has 3 aromatic carbocycles. The molecule has 3 aromatic rings. The van der Waals surface area contributed by atoms with Crippen LogP contribution in [0.15, 0.2) is 60.7 Å². The number of carbonyl (C=O) groups excluding carboxylic acids is 1. The van der Waals surface area contributed by atoms with Gasteiger partial charge in [0.1, 0.15) is 5.75 Å². The lowest BCUT2D eigenvalue weighted by atomic mass is 9.97. The molecule has 0 atom stereocenters. The monoisotopic (exact) mass is 300 g/mol. The Labute approximate surface area is 134 Å². The average Bonchev–Trinajstić information content (AvgIpc) is 2.99. The number of aromatic hydroxyl groups is 1. The van der Waals surface area contributed by atoms with Gasteiger partial charge in [0.05, 0.1) is 0 Å². The molecule has 112 valence electrons. The van der Waals surface area contributed by atoms with E-state index in [0.717, 1.165) is 24.0 Å². The van der Waals surface area contributed by atoms with Crippen molar-refractivity contribution in [2.24, 2.45) is 0 Å². The molecule has 0 aliphatic heterocycles. The molecule has 1 N–H and O–H groups in total. The fourth-order valence-corrected chi connectivity index (χ4v) is 3.38. The number of hydrogen-bond donors (Lipinski definition) is 1. The van der Waals surface area contributed by atoms with Crippen LogP contribution in [-0.2, 0) is 12.8 Å². The number of allylic oxidation sites excluding steroid dienone is 1. The highest BCUT2D eigenvalue weighted by molar-refractivity contribution is 6.11. The third kappa shape index (κ3) is 2.42. The molecule has 0 saturated heterocycles. The standard InChI is InChI=1S/C21H16O2/c22-17-6-1-3-14(13-17)7-12-20(23)18-10-8-15-4-2-5-16-9-11-19(18)21(15)16/h1-8,10,12-13,22H,9,11H2/b12-7+. The van der Waals surface area contributed by atoms with E-state index in [-0.39, 0.29) is 11.5 Å². The van der Waals surface area contributed by atoms with Gasteiger partial charge in [-0.25, -0.2) is 0 Å². The fraction of sp³-hybridized carbons (Fsp3) is 0.0952. The Morgan fingerprint density at radius 3 is 2.74 bits per heavy atom. The highest BCUT2D eigenvalue weighted by atomic mass is 16.3. The van der Waals surface area contributed by atoms with Crippen molar-refractivity contribution >= 4 is 22.6 Å². The fourth-order valence-electron chi connectivity index (χ4n) is 3.38. The van der Waals surface area contributed by atoms with E-state index in [0.29, 0.717) is 0 Å². The zero-order valence-corrected chi connectivity index (χ0v) is 12.6. The van der Waals surface area contributed by atoms with Crippen molar-refractivity contribution in [1.29, 1.82) is 0 Å². The van der Waals surface area contributed by atoms with Crippen molar-refractivity contribution < 1.29 is 9.90 Å². The van der Waals surface area contributed by atoms with Crippen molar-refractivity contribution in [3.8, 4) is 5.75 Å². The summed E-state index contributed by atoms with van der Waals surface area (Å²) in [7, 11) is 0. The summed E-state index contributed by atoms with van der Waals surface area (Å²) >= 11 is 0. The number of aryl methyl sites for hydroxylation is 2. The highest BCUT2D eigenvalue weighted by Crippen LogP contribution is 2.33. The van der Waals surface area contributed by atoms with Gasteiger partial charge in [-0.2, -0.15) is 0 Å². The van der Waals surface area contributed by atoms with E-state index in [2.05, 4.69) is 18.2 Å². The highest BCUT2D eigenvalue weighted by Gasteiger charge is 2.19. The number of phenolic OH excluding ortho intramolecular Hbond substituents is 1. The number of rotatable bonds is 3. The minimum absolute atomic E-state index is 0.0157. The Morgan fingerprint density at radius 2 is 1.87 bits per heavy atom. The van der Waals surface area contributed by atoms with Crippen molar-refractivity contribution in [3.63, 3.8) is 0 Å². The van der Waals surface area contributed by atoms with Crippen LogP contribution in [0.2, 0.25) is 0 Å². The number of carbonyl (C=O) groups is 1. The smallest absolute Gasteiger partial charge is 0.186 e. The summed E-state index contributed by atoms with van der Waals surface area (Å²) in [6, 6.07) is 17.2. The van der Waals surface area contributed by atoms with Gasteiger partial charge in [-0.05, 0) is 58.5 Å². The van der Waals surface area contributed by atoms with Crippen LogP contribution in [0.1, 0.15) is 27.0 Å². The first-order valence-electron chi connectivity index (χ1n) is 7.77. The Kier molecular flexibility index (Phi) is 3.23. The van der Waals surface area contributed by atoms with Gasteiger partial charge in [0.15, 0.2) is 5.78 Å². The Balaban J connectivity index is 1.72. The van der Waals surface area contributed by atoms with Crippen LogP contribution in [0, 0.1) is 0 Å². The van der Waals surface area contributed by atoms with Crippen molar-refractivity contribution in [2.45, 2.75) is 12.8 Å². The third-order valence-electron chi connectivity index (χ3n) is 4.45. The van der Waals surface area contributed by atoms with Gasteiger partial charge in [0, 0.05) is 5.56 Å². The second-order valence-electron chi connectivity index (χ2n) is 5.90. The summed E-state index contributed by atoms with van der Waals surface area (Å²) < 4.78 is 0. The van der Waals surface area contributed by atoms with Crippen molar-refractivity contribution in [1.82, 2.24) is 0 Å². The number of hydrogen-bond acceptors (Lipinski definition) is 2.